The Kier molecular flexibility index (Phi) is 5.08. The highest BCUT2D eigenvalue weighted by molar-refractivity contribution is 9.10. The third-order valence-electron chi connectivity index (χ3n) is 5.18. The number of carbonyl (C=O) groups is 2. The van der Waals surface area contributed by atoms with E-state index in [2.05, 4.69) is 15.9 Å². The van der Waals surface area contributed by atoms with Crippen LogP contribution in [0.1, 0.15) is 38.5 Å². The molecule has 2 aliphatic rings. The topological polar surface area (TPSA) is 79.6 Å². The minimum absolute atomic E-state index is 0.0478. The first-order chi connectivity index (χ1) is 11.5. The number of hydrogen-bond acceptors (Lipinski definition) is 3. The lowest BCUT2D eigenvalue weighted by Crippen LogP contribution is -2.46. The Labute approximate surface area is 148 Å². The maximum Gasteiger partial charge on any atom is 0.326 e. The van der Waals surface area contributed by atoms with Crippen molar-refractivity contribution in [2.45, 2.75) is 57.2 Å². The number of amides is 1. The number of halogens is 1. The molecule has 1 aliphatic heterocycles. The highest BCUT2D eigenvalue weighted by Gasteiger charge is 2.47. The minimum atomic E-state index is -0.919. The zero-order valence-electron chi connectivity index (χ0n) is 13.4. The van der Waals surface area contributed by atoms with E-state index >= 15 is 0 Å². The second kappa shape index (κ2) is 7.09. The minimum Gasteiger partial charge on any atom is -0.480 e. The van der Waals surface area contributed by atoms with Gasteiger partial charge in [0.05, 0.1) is 0 Å². The number of carbonyl (C=O) groups excluding carboxylic acids is 1. The summed E-state index contributed by atoms with van der Waals surface area (Å²) >= 11 is 3.31. The van der Waals surface area contributed by atoms with E-state index in [0.29, 0.717) is 12.3 Å². The van der Waals surface area contributed by atoms with Crippen LogP contribution in [-0.4, -0.2) is 38.5 Å². The lowest BCUT2D eigenvalue weighted by Gasteiger charge is -2.33. The van der Waals surface area contributed by atoms with Gasteiger partial charge in [-0.05, 0) is 47.2 Å². The molecule has 7 heteroatoms. The molecule has 1 amide bonds. The van der Waals surface area contributed by atoms with Gasteiger partial charge in [0, 0.05) is 35.7 Å². The van der Waals surface area contributed by atoms with E-state index in [1.807, 2.05) is 0 Å². The van der Waals surface area contributed by atoms with Gasteiger partial charge in [-0.15, -0.1) is 0 Å². The molecular weight excluding hydrogens is 376 g/mol. The van der Waals surface area contributed by atoms with Crippen molar-refractivity contribution in [3.63, 3.8) is 0 Å². The maximum absolute atomic E-state index is 12.7. The molecule has 1 saturated heterocycles. The number of carboxylic acids is 1. The molecule has 3 atom stereocenters. The highest BCUT2D eigenvalue weighted by Crippen LogP contribution is 2.40. The zero-order valence-corrected chi connectivity index (χ0v) is 14.9. The number of aromatic nitrogens is 1. The summed E-state index contributed by atoms with van der Waals surface area (Å²) in [6.07, 6.45) is 6.40. The molecule has 0 unspecified atom stereocenters. The van der Waals surface area contributed by atoms with Gasteiger partial charge in [-0.25, -0.2) is 4.79 Å². The van der Waals surface area contributed by atoms with Crippen molar-refractivity contribution >= 4 is 27.8 Å². The van der Waals surface area contributed by atoms with Gasteiger partial charge in [0.2, 0.25) is 5.91 Å². The molecule has 1 aromatic rings. The monoisotopic (exact) mass is 396 g/mol. The molecule has 24 heavy (non-hydrogen) atoms. The Morgan fingerprint density at radius 1 is 1.25 bits per heavy atom. The average molecular weight is 397 g/mol. The summed E-state index contributed by atoms with van der Waals surface area (Å²) in [6.45, 7) is 0.261. The molecule has 130 valence electrons. The number of pyridine rings is 1. The molecular formula is C17H21BrN2O4. The first kappa shape index (κ1) is 17.2. The Bertz CT molecular complexity index is 702. The van der Waals surface area contributed by atoms with Crippen molar-refractivity contribution in [1.29, 1.82) is 0 Å². The van der Waals surface area contributed by atoms with Crippen molar-refractivity contribution < 1.29 is 14.7 Å². The lowest BCUT2D eigenvalue weighted by molar-refractivity contribution is -0.150. The Balaban J connectivity index is 1.73. The number of likely N-dealkylation sites (tertiary alicyclic amines) is 1. The third kappa shape index (κ3) is 3.41. The molecule has 0 radical (unpaired) electrons. The smallest absolute Gasteiger partial charge is 0.326 e. The third-order valence-corrected chi connectivity index (χ3v) is 5.64. The number of fused-ring (bicyclic) bond motifs is 1. The van der Waals surface area contributed by atoms with E-state index in [9.17, 15) is 19.5 Å². The highest BCUT2D eigenvalue weighted by atomic mass is 79.9. The van der Waals surface area contributed by atoms with Crippen molar-refractivity contribution in [3.8, 4) is 0 Å². The Morgan fingerprint density at radius 2 is 2.00 bits per heavy atom. The summed E-state index contributed by atoms with van der Waals surface area (Å²) in [5, 5.41) is 9.49. The van der Waals surface area contributed by atoms with Crippen molar-refractivity contribution in [2.75, 3.05) is 0 Å². The SMILES string of the molecule is O=C(O)[C@@H]1C[C@H]2CCCC[C@@H]2N1C(=O)CCn1cc(Br)ccc1=O. The van der Waals surface area contributed by atoms with Crippen LogP contribution in [0.25, 0.3) is 0 Å². The van der Waals surface area contributed by atoms with Crippen LogP contribution >= 0.6 is 15.9 Å². The fourth-order valence-electron chi connectivity index (χ4n) is 4.06. The molecule has 6 nitrogen and oxygen atoms in total. The fraction of sp³-hybridized carbons (Fsp3) is 0.588. The predicted molar refractivity (Wildman–Crippen MR) is 91.7 cm³/mol. The number of aryl methyl sites for hydroxylation is 1. The molecule has 0 bridgehead atoms. The van der Waals surface area contributed by atoms with Crippen LogP contribution in [-0.2, 0) is 16.1 Å². The summed E-state index contributed by atoms with van der Waals surface area (Å²) in [5.41, 5.74) is -0.169. The molecule has 1 saturated carbocycles. The van der Waals surface area contributed by atoms with Gasteiger partial charge in [-0.1, -0.05) is 12.8 Å². The largest absolute Gasteiger partial charge is 0.480 e. The van der Waals surface area contributed by atoms with Gasteiger partial charge in [-0.2, -0.15) is 0 Å². The molecule has 1 N–H and O–H groups in total. The van der Waals surface area contributed by atoms with Crippen LogP contribution in [0.3, 0.4) is 0 Å². The van der Waals surface area contributed by atoms with Crippen LogP contribution in [0.5, 0.6) is 0 Å². The first-order valence-corrected chi connectivity index (χ1v) is 9.16. The summed E-state index contributed by atoms with van der Waals surface area (Å²) in [6, 6.07) is 2.44. The van der Waals surface area contributed by atoms with E-state index in [0.717, 1.165) is 30.2 Å². The number of nitrogens with zero attached hydrogens (tertiary/aromatic N) is 2. The van der Waals surface area contributed by atoms with E-state index in [-0.39, 0.29) is 30.5 Å². The van der Waals surface area contributed by atoms with Crippen LogP contribution in [0, 0.1) is 5.92 Å². The summed E-state index contributed by atoms with van der Waals surface area (Å²) in [4.78, 5) is 37.7. The number of rotatable bonds is 4. The van der Waals surface area contributed by atoms with E-state index < -0.39 is 12.0 Å². The molecule has 2 heterocycles. The number of carboxylic acid groups (broad SMARTS) is 1. The Morgan fingerprint density at radius 3 is 2.75 bits per heavy atom. The van der Waals surface area contributed by atoms with Gasteiger partial charge < -0.3 is 14.6 Å². The second-order valence-corrected chi connectivity index (χ2v) is 7.55. The van der Waals surface area contributed by atoms with Crippen LogP contribution in [0.2, 0.25) is 0 Å². The molecule has 1 aliphatic carbocycles. The second-order valence-electron chi connectivity index (χ2n) is 6.63. The van der Waals surface area contributed by atoms with Crippen molar-refractivity contribution in [2.24, 2.45) is 5.92 Å². The number of aliphatic carboxylic acids is 1. The van der Waals surface area contributed by atoms with E-state index in [1.165, 1.54) is 10.6 Å². The van der Waals surface area contributed by atoms with Crippen LogP contribution in [0.15, 0.2) is 27.6 Å². The quantitative estimate of drug-likeness (QED) is 0.845. The molecule has 0 spiro atoms. The standard InChI is InChI=1S/C17H21BrN2O4/c18-12-5-6-15(21)19(10-12)8-7-16(22)20-13-4-2-1-3-11(13)9-14(20)17(23)24/h5-6,10-11,13-14H,1-4,7-9H2,(H,23,24)/t11-,13+,14+/m1/s1. The van der Waals surface area contributed by atoms with E-state index in [1.54, 1.807) is 17.2 Å². The lowest BCUT2D eigenvalue weighted by atomic mass is 9.84. The maximum atomic E-state index is 12.7. The molecule has 3 rings (SSSR count). The van der Waals surface area contributed by atoms with Gasteiger partial charge in [0.15, 0.2) is 0 Å². The fourth-order valence-corrected chi connectivity index (χ4v) is 4.44. The average Bonchev–Trinajstić information content (AvgIpc) is 2.95. The van der Waals surface area contributed by atoms with Crippen LogP contribution in [0.4, 0.5) is 0 Å². The van der Waals surface area contributed by atoms with Crippen LogP contribution < -0.4 is 5.56 Å². The van der Waals surface area contributed by atoms with Crippen molar-refractivity contribution in [1.82, 2.24) is 9.47 Å². The van der Waals surface area contributed by atoms with Gasteiger partial charge in [-0.3, -0.25) is 9.59 Å². The number of hydrogen-bond donors (Lipinski definition) is 1. The van der Waals surface area contributed by atoms with Crippen molar-refractivity contribution in [3.05, 3.63) is 33.2 Å². The summed E-state index contributed by atoms with van der Waals surface area (Å²) in [5.74, 6) is -0.779. The molecule has 0 aromatic carbocycles. The normalized spacial score (nSPS) is 26.2. The molecule has 2 fully saturated rings. The summed E-state index contributed by atoms with van der Waals surface area (Å²) < 4.78 is 2.25. The summed E-state index contributed by atoms with van der Waals surface area (Å²) in [7, 11) is 0. The van der Waals surface area contributed by atoms with E-state index in [4.69, 9.17) is 0 Å². The molecule has 1 aromatic heterocycles. The van der Waals surface area contributed by atoms with Gasteiger partial charge in [0.1, 0.15) is 6.04 Å². The zero-order chi connectivity index (χ0) is 17.3. The first-order valence-electron chi connectivity index (χ1n) is 8.37. The Hall–Kier alpha value is -1.63. The van der Waals surface area contributed by atoms with Gasteiger partial charge >= 0.3 is 5.97 Å². The van der Waals surface area contributed by atoms with Gasteiger partial charge in [0.25, 0.3) is 5.56 Å². The predicted octanol–water partition coefficient (Wildman–Crippen LogP) is 2.25.